The van der Waals surface area contributed by atoms with Crippen molar-refractivity contribution < 1.29 is 29.5 Å². The highest BCUT2D eigenvalue weighted by Crippen LogP contribution is 2.26. The molecule has 2 rings (SSSR count). The molecule has 0 aromatic heterocycles. The van der Waals surface area contributed by atoms with E-state index in [0.717, 1.165) is 6.07 Å². The van der Waals surface area contributed by atoms with Crippen molar-refractivity contribution >= 4 is 23.5 Å². The predicted molar refractivity (Wildman–Crippen MR) is 87.7 cm³/mol. The molecule has 0 atom stereocenters. The Balaban J connectivity index is 2.08. The van der Waals surface area contributed by atoms with E-state index in [0.29, 0.717) is 16.9 Å². The minimum Gasteiger partial charge on any atom is -0.502 e. The second-order valence-corrected chi connectivity index (χ2v) is 4.91. The van der Waals surface area contributed by atoms with Crippen LogP contribution in [0.1, 0.15) is 15.9 Å². The summed E-state index contributed by atoms with van der Waals surface area (Å²) in [4.78, 5) is 32.5. The third-order valence-corrected chi connectivity index (χ3v) is 3.12. The standard InChI is InChI=1S/C17H13NO7/c19-15(12-3-5-13(6-4-12)25-10-17(21)22)7-1-11-2-8-16(20)14(9-11)18(23)24/h1-9,20H,10H2,(H,21,22). The molecule has 0 aliphatic rings. The zero-order valence-electron chi connectivity index (χ0n) is 12.8. The monoisotopic (exact) mass is 343 g/mol. The van der Waals surface area contributed by atoms with Crippen LogP contribution in [0.25, 0.3) is 6.08 Å². The summed E-state index contributed by atoms with van der Waals surface area (Å²) in [5.41, 5.74) is 0.279. The Bertz CT molecular complexity index is 841. The van der Waals surface area contributed by atoms with Crippen molar-refractivity contribution in [3.8, 4) is 11.5 Å². The molecule has 0 bridgehead atoms. The molecule has 2 aromatic rings. The molecular formula is C17H13NO7. The Morgan fingerprint density at radius 3 is 2.44 bits per heavy atom. The van der Waals surface area contributed by atoms with Gasteiger partial charge in [-0.25, -0.2) is 4.79 Å². The number of nitro groups is 1. The average molecular weight is 343 g/mol. The van der Waals surface area contributed by atoms with Crippen LogP contribution in [0.4, 0.5) is 5.69 Å². The number of allylic oxidation sites excluding steroid dienone is 1. The first-order valence-corrected chi connectivity index (χ1v) is 7.01. The lowest BCUT2D eigenvalue weighted by Crippen LogP contribution is -2.09. The van der Waals surface area contributed by atoms with Crippen molar-refractivity contribution in [2.45, 2.75) is 0 Å². The van der Waals surface area contributed by atoms with Gasteiger partial charge < -0.3 is 14.9 Å². The number of nitrogens with zero attached hydrogens (tertiary/aromatic N) is 1. The van der Waals surface area contributed by atoms with E-state index in [-0.39, 0.29) is 5.78 Å². The maximum absolute atomic E-state index is 12.1. The second-order valence-electron chi connectivity index (χ2n) is 4.91. The van der Waals surface area contributed by atoms with Crippen molar-refractivity contribution in [1.82, 2.24) is 0 Å². The minimum atomic E-state index is -1.11. The highest BCUT2D eigenvalue weighted by atomic mass is 16.6. The molecule has 25 heavy (non-hydrogen) atoms. The van der Waals surface area contributed by atoms with E-state index in [1.54, 1.807) is 0 Å². The van der Waals surface area contributed by atoms with Gasteiger partial charge in [0.05, 0.1) is 4.92 Å². The van der Waals surface area contributed by atoms with Gasteiger partial charge in [-0.1, -0.05) is 12.1 Å². The van der Waals surface area contributed by atoms with E-state index in [9.17, 15) is 24.8 Å². The molecular weight excluding hydrogens is 330 g/mol. The van der Waals surface area contributed by atoms with Gasteiger partial charge in [0.25, 0.3) is 0 Å². The van der Waals surface area contributed by atoms with Gasteiger partial charge in [0, 0.05) is 11.6 Å². The molecule has 0 fully saturated rings. The van der Waals surface area contributed by atoms with Crippen LogP contribution in [-0.2, 0) is 4.79 Å². The van der Waals surface area contributed by atoms with Crippen molar-refractivity contribution in [2.75, 3.05) is 6.61 Å². The van der Waals surface area contributed by atoms with Crippen molar-refractivity contribution in [3.63, 3.8) is 0 Å². The van der Waals surface area contributed by atoms with Crippen LogP contribution in [0.3, 0.4) is 0 Å². The second kappa shape index (κ2) is 7.73. The molecule has 0 aliphatic carbocycles. The van der Waals surface area contributed by atoms with Gasteiger partial charge in [-0.15, -0.1) is 0 Å². The first kappa shape index (κ1) is 17.7. The van der Waals surface area contributed by atoms with Crippen LogP contribution in [0.15, 0.2) is 48.5 Å². The van der Waals surface area contributed by atoms with Gasteiger partial charge in [-0.2, -0.15) is 0 Å². The smallest absolute Gasteiger partial charge is 0.341 e. The van der Waals surface area contributed by atoms with E-state index >= 15 is 0 Å². The summed E-state index contributed by atoms with van der Waals surface area (Å²) < 4.78 is 4.96. The largest absolute Gasteiger partial charge is 0.502 e. The van der Waals surface area contributed by atoms with E-state index in [1.165, 1.54) is 48.6 Å². The number of nitro benzene ring substituents is 1. The number of carbonyl (C=O) groups excluding carboxylic acids is 1. The number of carboxylic acid groups (broad SMARTS) is 1. The number of aliphatic carboxylic acids is 1. The summed E-state index contributed by atoms with van der Waals surface area (Å²) in [5.74, 6) is -1.59. The number of benzene rings is 2. The summed E-state index contributed by atoms with van der Waals surface area (Å²) in [6, 6.07) is 9.66. The maximum atomic E-state index is 12.1. The molecule has 2 N–H and O–H groups in total. The molecule has 0 aliphatic heterocycles. The molecule has 8 heteroatoms. The number of carbonyl (C=O) groups is 2. The number of ketones is 1. The summed E-state index contributed by atoms with van der Waals surface area (Å²) in [6.45, 7) is -0.479. The van der Waals surface area contributed by atoms with Crippen LogP contribution in [0.2, 0.25) is 0 Å². The quantitative estimate of drug-likeness (QED) is 0.342. The van der Waals surface area contributed by atoms with Gasteiger partial charge in [-0.3, -0.25) is 14.9 Å². The third-order valence-electron chi connectivity index (χ3n) is 3.12. The first-order valence-electron chi connectivity index (χ1n) is 7.01. The molecule has 0 saturated heterocycles. The summed E-state index contributed by atoms with van der Waals surface area (Å²) in [5, 5.41) is 28.7. The predicted octanol–water partition coefficient (Wildman–Crippen LogP) is 2.66. The van der Waals surface area contributed by atoms with Crippen LogP contribution in [0.5, 0.6) is 11.5 Å². The topological polar surface area (TPSA) is 127 Å². The molecule has 0 radical (unpaired) electrons. The molecule has 0 amide bonds. The molecule has 8 nitrogen and oxygen atoms in total. The van der Waals surface area contributed by atoms with Crippen LogP contribution >= 0.6 is 0 Å². The highest BCUT2D eigenvalue weighted by molar-refractivity contribution is 6.06. The Morgan fingerprint density at radius 2 is 1.84 bits per heavy atom. The summed E-state index contributed by atoms with van der Waals surface area (Å²) >= 11 is 0. The first-order chi connectivity index (χ1) is 11.9. The molecule has 128 valence electrons. The summed E-state index contributed by atoms with van der Waals surface area (Å²) in [6.07, 6.45) is 2.63. The third kappa shape index (κ3) is 4.90. The SMILES string of the molecule is O=C(O)COc1ccc(C(=O)C=Cc2ccc(O)c([N+](=O)[O-])c2)cc1. The zero-order chi connectivity index (χ0) is 18.4. The molecule has 0 spiro atoms. The molecule has 0 heterocycles. The lowest BCUT2D eigenvalue weighted by molar-refractivity contribution is -0.385. The van der Waals surface area contributed by atoms with Crippen LogP contribution < -0.4 is 4.74 Å². The Labute approximate surface area is 141 Å². The number of hydrogen-bond donors (Lipinski definition) is 2. The van der Waals surface area contributed by atoms with E-state index in [1.807, 2.05) is 0 Å². The van der Waals surface area contributed by atoms with E-state index < -0.39 is 28.9 Å². The maximum Gasteiger partial charge on any atom is 0.341 e. The molecule has 0 unspecified atom stereocenters. The fourth-order valence-electron chi connectivity index (χ4n) is 1.92. The zero-order valence-corrected chi connectivity index (χ0v) is 12.8. The van der Waals surface area contributed by atoms with Gasteiger partial charge in [0.15, 0.2) is 18.1 Å². The van der Waals surface area contributed by atoms with Gasteiger partial charge >= 0.3 is 11.7 Å². The number of carboxylic acids is 1. The Morgan fingerprint density at radius 1 is 1.16 bits per heavy atom. The average Bonchev–Trinajstić information content (AvgIpc) is 2.59. The van der Waals surface area contributed by atoms with E-state index in [4.69, 9.17) is 9.84 Å². The van der Waals surface area contributed by atoms with Crippen molar-refractivity contribution in [1.29, 1.82) is 0 Å². The van der Waals surface area contributed by atoms with Gasteiger partial charge in [0.1, 0.15) is 5.75 Å². The van der Waals surface area contributed by atoms with Crippen LogP contribution in [0, 0.1) is 10.1 Å². The Hall–Kier alpha value is -3.68. The number of aromatic hydroxyl groups is 1. The lowest BCUT2D eigenvalue weighted by atomic mass is 10.1. The number of hydrogen-bond acceptors (Lipinski definition) is 6. The Kier molecular flexibility index (Phi) is 5.47. The van der Waals surface area contributed by atoms with Gasteiger partial charge in [0.2, 0.25) is 0 Å². The van der Waals surface area contributed by atoms with E-state index in [2.05, 4.69) is 0 Å². The molecule has 0 saturated carbocycles. The molecule has 2 aromatic carbocycles. The number of phenols is 1. The number of ether oxygens (including phenoxy) is 1. The van der Waals surface area contributed by atoms with Crippen LogP contribution in [-0.4, -0.2) is 33.5 Å². The fraction of sp³-hybridized carbons (Fsp3) is 0.0588. The fourth-order valence-corrected chi connectivity index (χ4v) is 1.92. The normalized spacial score (nSPS) is 10.6. The van der Waals surface area contributed by atoms with Gasteiger partial charge in [-0.05, 0) is 42.0 Å². The minimum absolute atomic E-state index is 0.317. The number of rotatable bonds is 7. The summed E-state index contributed by atoms with van der Waals surface area (Å²) in [7, 11) is 0. The van der Waals surface area contributed by atoms with Crippen molar-refractivity contribution in [2.24, 2.45) is 0 Å². The van der Waals surface area contributed by atoms with Crippen molar-refractivity contribution in [3.05, 3.63) is 69.8 Å². The number of phenolic OH excluding ortho intramolecular Hbond substituents is 1. The lowest BCUT2D eigenvalue weighted by Gasteiger charge is -2.03. The highest BCUT2D eigenvalue weighted by Gasteiger charge is 2.12.